The summed E-state index contributed by atoms with van der Waals surface area (Å²) in [7, 11) is 0. The maximum absolute atomic E-state index is 12.3. The molecule has 2 heteroatoms. The van der Waals surface area contributed by atoms with Gasteiger partial charge in [-0.25, -0.2) is 0 Å². The summed E-state index contributed by atoms with van der Waals surface area (Å²) in [5.74, 6) is 0.264. The van der Waals surface area contributed by atoms with Gasteiger partial charge in [-0.3, -0.25) is 4.79 Å². The lowest BCUT2D eigenvalue weighted by Gasteiger charge is -2.17. The van der Waals surface area contributed by atoms with E-state index in [4.69, 9.17) is 0 Å². The predicted octanol–water partition coefficient (Wildman–Crippen LogP) is 4.87. The van der Waals surface area contributed by atoms with Crippen molar-refractivity contribution >= 4 is 17.1 Å². The first-order chi connectivity index (χ1) is 7.50. The van der Waals surface area contributed by atoms with Crippen molar-refractivity contribution in [2.75, 3.05) is 0 Å². The van der Waals surface area contributed by atoms with Crippen LogP contribution in [0.15, 0.2) is 6.07 Å². The Hall–Kier alpha value is -0.630. The number of aryl methyl sites for hydroxylation is 1. The Kier molecular flexibility index (Phi) is 3.87. The molecule has 0 radical (unpaired) electrons. The number of carbonyl (C=O) groups excluding carboxylic acids is 1. The molecule has 17 heavy (non-hydrogen) atoms. The lowest BCUT2D eigenvalue weighted by Crippen LogP contribution is -2.19. The Morgan fingerprint density at radius 2 is 1.71 bits per heavy atom. The summed E-state index contributed by atoms with van der Waals surface area (Å²) in [5, 5.41) is 0. The third kappa shape index (κ3) is 3.95. The summed E-state index contributed by atoms with van der Waals surface area (Å²) in [6.45, 7) is 14.7. The van der Waals surface area contributed by atoms with Crippen molar-refractivity contribution < 1.29 is 4.79 Å². The molecule has 1 aromatic rings. The molecule has 1 heterocycles. The van der Waals surface area contributed by atoms with E-state index in [9.17, 15) is 4.79 Å². The van der Waals surface area contributed by atoms with E-state index < -0.39 is 0 Å². The van der Waals surface area contributed by atoms with Crippen LogP contribution in [0.3, 0.4) is 0 Å². The molecule has 0 aromatic carbocycles. The van der Waals surface area contributed by atoms with Gasteiger partial charge < -0.3 is 0 Å². The molecule has 0 saturated carbocycles. The number of ketones is 1. The minimum absolute atomic E-state index is 0.264. The molecule has 0 bridgehead atoms. The first-order valence-electron chi connectivity index (χ1n) is 6.15. The van der Waals surface area contributed by atoms with Crippen LogP contribution in [-0.2, 0) is 6.42 Å². The van der Waals surface area contributed by atoms with Crippen molar-refractivity contribution in [3.8, 4) is 0 Å². The van der Waals surface area contributed by atoms with E-state index in [0.29, 0.717) is 0 Å². The molecule has 0 atom stereocenters. The Labute approximate surface area is 109 Å². The molecular formula is C15H24OS. The summed E-state index contributed by atoms with van der Waals surface area (Å²) in [6.07, 6.45) is 1.04. The Morgan fingerprint density at radius 1 is 1.18 bits per heavy atom. The van der Waals surface area contributed by atoms with Crippen molar-refractivity contribution in [2.24, 2.45) is 10.8 Å². The van der Waals surface area contributed by atoms with Crippen molar-refractivity contribution in [1.82, 2.24) is 0 Å². The van der Waals surface area contributed by atoms with Crippen LogP contribution in [0.4, 0.5) is 0 Å². The fraction of sp³-hybridized carbons (Fsp3) is 0.667. The molecule has 0 spiro atoms. The van der Waals surface area contributed by atoms with Gasteiger partial charge >= 0.3 is 0 Å². The first kappa shape index (κ1) is 14.4. The van der Waals surface area contributed by atoms with E-state index in [0.717, 1.165) is 16.9 Å². The monoisotopic (exact) mass is 252 g/mol. The molecule has 1 nitrogen and oxygen atoms in total. The zero-order valence-corrected chi connectivity index (χ0v) is 12.9. The van der Waals surface area contributed by atoms with E-state index >= 15 is 0 Å². The predicted molar refractivity (Wildman–Crippen MR) is 76.0 cm³/mol. The molecule has 0 aliphatic heterocycles. The van der Waals surface area contributed by atoms with Gasteiger partial charge in [-0.2, -0.15) is 0 Å². The maximum atomic E-state index is 12.3. The summed E-state index contributed by atoms with van der Waals surface area (Å²) in [5.41, 5.74) is 1.13. The van der Waals surface area contributed by atoms with Crippen molar-refractivity contribution in [3.05, 3.63) is 21.4 Å². The van der Waals surface area contributed by atoms with Crippen LogP contribution in [0, 0.1) is 17.8 Å². The molecule has 0 amide bonds. The highest BCUT2D eigenvalue weighted by atomic mass is 32.1. The van der Waals surface area contributed by atoms with Crippen LogP contribution in [0.1, 0.15) is 61.7 Å². The number of carbonyl (C=O) groups is 1. The van der Waals surface area contributed by atoms with Gasteiger partial charge in [0.25, 0.3) is 0 Å². The summed E-state index contributed by atoms with van der Waals surface area (Å²) in [6, 6.07) is 2.18. The number of hydrogen-bond acceptors (Lipinski definition) is 2. The van der Waals surface area contributed by atoms with Crippen LogP contribution < -0.4 is 0 Å². The van der Waals surface area contributed by atoms with Crippen molar-refractivity contribution in [2.45, 2.75) is 54.9 Å². The SMILES string of the molecule is Cc1cc(CC(C)(C)C)sc1C(=O)C(C)(C)C. The first-order valence-corrected chi connectivity index (χ1v) is 6.96. The minimum Gasteiger partial charge on any atom is -0.293 e. The number of hydrogen-bond donors (Lipinski definition) is 0. The van der Waals surface area contributed by atoms with Crippen molar-refractivity contribution in [3.63, 3.8) is 0 Å². The second-order valence-electron chi connectivity index (χ2n) is 7.04. The van der Waals surface area contributed by atoms with E-state index in [-0.39, 0.29) is 16.6 Å². The standard InChI is InChI=1S/C15H24OS/c1-10-8-11(9-14(2,3)4)17-12(10)13(16)15(5,6)7/h8H,9H2,1-7H3. The van der Waals surface area contributed by atoms with Crippen LogP contribution in [0.2, 0.25) is 0 Å². The average molecular weight is 252 g/mol. The fourth-order valence-corrected chi connectivity index (χ4v) is 3.35. The van der Waals surface area contributed by atoms with Gasteiger partial charge in [-0.05, 0) is 30.4 Å². The van der Waals surface area contributed by atoms with Gasteiger partial charge in [0.05, 0.1) is 4.88 Å². The molecule has 0 unspecified atom stereocenters. The van der Waals surface area contributed by atoms with E-state index in [1.807, 2.05) is 27.7 Å². The highest BCUT2D eigenvalue weighted by Gasteiger charge is 2.26. The Morgan fingerprint density at radius 3 is 2.12 bits per heavy atom. The molecule has 1 rings (SSSR count). The smallest absolute Gasteiger partial charge is 0.178 e. The zero-order chi connectivity index (χ0) is 13.4. The average Bonchev–Trinajstić information content (AvgIpc) is 2.40. The maximum Gasteiger partial charge on any atom is 0.178 e. The summed E-state index contributed by atoms with van der Waals surface area (Å²) in [4.78, 5) is 14.5. The third-order valence-corrected chi connectivity index (χ3v) is 3.80. The normalized spacial score (nSPS) is 12.9. The fourth-order valence-electron chi connectivity index (χ4n) is 1.72. The molecule has 0 aliphatic carbocycles. The lowest BCUT2D eigenvalue weighted by molar-refractivity contribution is 0.0862. The van der Waals surface area contributed by atoms with Crippen LogP contribution in [-0.4, -0.2) is 5.78 Å². The second-order valence-corrected chi connectivity index (χ2v) is 8.18. The van der Waals surface area contributed by atoms with E-state index in [2.05, 4.69) is 26.8 Å². The van der Waals surface area contributed by atoms with E-state index in [1.54, 1.807) is 11.3 Å². The van der Waals surface area contributed by atoms with Gasteiger partial charge in [-0.15, -0.1) is 11.3 Å². The van der Waals surface area contributed by atoms with Gasteiger partial charge in [0.1, 0.15) is 0 Å². The summed E-state index contributed by atoms with van der Waals surface area (Å²) >= 11 is 1.67. The Bertz CT molecular complexity index is 413. The van der Waals surface area contributed by atoms with E-state index in [1.165, 1.54) is 4.88 Å². The zero-order valence-electron chi connectivity index (χ0n) is 12.1. The van der Waals surface area contributed by atoms with Gasteiger partial charge in [-0.1, -0.05) is 41.5 Å². The molecular weight excluding hydrogens is 228 g/mol. The summed E-state index contributed by atoms with van der Waals surface area (Å²) < 4.78 is 0. The Balaban J connectivity index is 3.01. The molecule has 96 valence electrons. The second kappa shape index (κ2) is 4.56. The van der Waals surface area contributed by atoms with Crippen molar-refractivity contribution in [1.29, 1.82) is 0 Å². The topological polar surface area (TPSA) is 17.1 Å². The number of thiophene rings is 1. The van der Waals surface area contributed by atoms with Crippen LogP contribution in [0.5, 0.6) is 0 Å². The van der Waals surface area contributed by atoms with Gasteiger partial charge in [0.15, 0.2) is 5.78 Å². The molecule has 1 aromatic heterocycles. The molecule has 0 fully saturated rings. The number of Topliss-reactive ketones (excluding diaryl/α,β-unsaturated/α-hetero) is 1. The van der Waals surface area contributed by atoms with Crippen LogP contribution >= 0.6 is 11.3 Å². The number of rotatable bonds is 2. The highest BCUT2D eigenvalue weighted by molar-refractivity contribution is 7.14. The molecule has 0 aliphatic rings. The minimum atomic E-state index is -0.283. The molecule has 0 saturated heterocycles. The lowest BCUT2D eigenvalue weighted by atomic mass is 9.88. The largest absolute Gasteiger partial charge is 0.293 e. The quantitative estimate of drug-likeness (QED) is 0.686. The highest BCUT2D eigenvalue weighted by Crippen LogP contribution is 2.32. The third-order valence-electron chi connectivity index (χ3n) is 2.56. The molecule has 0 N–H and O–H groups in total. The van der Waals surface area contributed by atoms with Crippen LogP contribution in [0.25, 0.3) is 0 Å². The van der Waals surface area contributed by atoms with Gasteiger partial charge in [0, 0.05) is 10.3 Å². The van der Waals surface area contributed by atoms with Gasteiger partial charge in [0.2, 0.25) is 0 Å².